The predicted molar refractivity (Wildman–Crippen MR) is 88.8 cm³/mol. The highest BCUT2D eigenvalue weighted by atomic mass is 35.5. The molecule has 1 aromatic rings. The van der Waals surface area contributed by atoms with Gasteiger partial charge in [0.15, 0.2) is 0 Å². The van der Waals surface area contributed by atoms with Crippen molar-refractivity contribution in [3.63, 3.8) is 0 Å². The Morgan fingerprint density at radius 1 is 1.46 bits per heavy atom. The minimum absolute atomic E-state index is 0.0297. The minimum atomic E-state index is -0.521. The third-order valence-corrected chi connectivity index (χ3v) is 4.74. The molecule has 8 heteroatoms. The van der Waals surface area contributed by atoms with Crippen molar-refractivity contribution in [3.8, 4) is 0 Å². The molecule has 3 N–H and O–H groups in total. The zero-order valence-corrected chi connectivity index (χ0v) is 13.9. The van der Waals surface area contributed by atoms with Crippen LogP contribution in [0.2, 0.25) is 5.02 Å². The number of carbonyl (C=O) groups is 1. The third kappa shape index (κ3) is 4.16. The molecule has 0 aliphatic carbocycles. The number of hydrogen-bond donors (Lipinski definition) is 3. The van der Waals surface area contributed by atoms with Crippen molar-refractivity contribution >= 4 is 23.3 Å². The van der Waals surface area contributed by atoms with Gasteiger partial charge in [-0.3, -0.25) is 4.90 Å². The average molecular weight is 358 g/mol. The van der Waals surface area contributed by atoms with Crippen molar-refractivity contribution in [1.82, 2.24) is 10.2 Å². The summed E-state index contributed by atoms with van der Waals surface area (Å²) in [4.78, 5) is 14.4. The van der Waals surface area contributed by atoms with Gasteiger partial charge in [0.2, 0.25) is 0 Å². The van der Waals surface area contributed by atoms with Gasteiger partial charge in [-0.15, -0.1) is 0 Å². The lowest BCUT2D eigenvalue weighted by atomic mass is 10.1. The number of anilines is 1. The smallest absolute Gasteiger partial charge is 0.319 e. The molecule has 132 valence electrons. The number of benzene rings is 1. The van der Waals surface area contributed by atoms with Crippen LogP contribution in [-0.4, -0.2) is 60.5 Å². The lowest BCUT2D eigenvalue weighted by Gasteiger charge is -2.34. The van der Waals surface area contributed by atoms with E-state index in [0.717, 1.165) is 19.5 Å². The molecule has 0 radical (unpaired) electrons. The fraction of sp³-hybridized carbons (Fsp3) is 0.562. The summed E-state index contributed by atoms with van der Waals surface area (Å²) in [6.45, 7) is 2.28. The highest BCUT2D eigenvalue weighted by Gasteiger charge is 2.37. The van der Waals surface area contributed by atoms with Gasteiger partial charge >= 0.3 is 6.03 Å². The summed E-state index contributed by atoms with van der Waals surface area (Å²) in [7, 11) is 0. The molecule has 1 aromatic carbocycles. The number of nitrogens with zero attached hydrogens (tertiary/aromatic N) is 1. The summed E-state index contributed by atoms with van der Waals surface area (Å²) in [5.74, 6) is -0.521. The normalized spacial score (nSPS) is 26.9. The number of morpholine rings is 1. The SMILES string of the molecule is O=C(Nc1ccc(F)c(Cl)c1)N[C@H]1C[C@H]2CO[C@@H](CCO)CN2C1. The Balaban J connectivity index is 1.50. The van der Waals surface area contributed by atoms with Gasteiger partial charge in [0.25, 0.3) is 0 Å². The standard InChI is InChI=1S/C16H21ClFN3O3/c17-14-6-10(1-2-15(14)18)19-16(23)20-11-5-12-9-24-13(3-4-22)8-21(12)7-11/h1-2,6,11-13,22H,3-5,7-9H2,(H2,19,20,23)/t11-,12-,13-/m0/s1. The van der Waals surface area contributed by atoms with Crippen molar-refractivity contribution in [2.75, 3.05) is 31.6 Å². The zero-order chi connectivity index (χ0) is 17.1. The van der Waals surface area contributed by atoms with Crippen LogP contribution < -0.4 is 10.6 Å². The molecule has 3 rings (SSSR count). The van der Waals surface area contributed by atoms with Crippen LogP contribution >= 0.6 is 11.6 Å². The average Bonchev–Trinajstić information content (AvgIpc) is 2.92. The molecule has 0 saturated carbocycles. The van der Waals surface area contributed by atoms with E-state index in [1.54, 1.807) is 0 Å². The number of amides is 2. The highest BCUT2D eigenvalue weighted by molar-refractivity contribution is 6.31. The van der Waals surface area contributed by atoms with Crippen LogP contribution in [0.1, 0.15) is 12.8 Å². The van der Waals surface area contributed by atoms with E-state index in [1.165, 1.54) is 18.2 Å². The van der Waals surface area contributed by atoms with Gasteiger partial charge in [0.1, 0.15) is 5.82 Å². The van der Waals surface area contributed by atoms with E-state index in [0.29, 0.717) is 24.8 Å². The van der Waals surface area contributed by atoms with E-state index in [9.17, 15) is 9.18 Å². The quantitative estimate of drug-likeness (QED) is 0.768. The van der Waals surface area contributed by atoms with E-state index in [-0.39, 0.29) is 29.8 Å². The molecule has 2 aliphatic heterocycles. The van der Waals surface area contributed by atoms with Crippen molar-refractivity contribution in [3.05, 3.63) is 29.0 Å². The number of hydrogen-bond acceptors (Lipinski definition) is 4. The summed E-state index contributed by atoms with van der Waals surface area (Å²) in [5.41, 5.74) is 0.445. The fourth-order valence-electron chi connectivity index (χ4n) is 3.29. The maximum absolute atomic E-state index is 13.1. The van der Waals surface area contributed by atoms with Gasteiger partial charge < -0.3 is 20.5 Å². The molecule has 0 bridgehead atoms. The van der Waals surface area contributed by atoms with Gasteiger partial charge in [-0.05, 0) is 31.0 Å². The lowest BCUT2D eigenvalue weighted by molar-refractivity contribution is -0.0566. The number of halogens is 2. The van der Waals surface area contributed by atoms with Crippen molar-refractivity contribution in [2.45, 2.75) is 31.0 Å². The fourth-order valence-corrected chi connectivity index (χ4v) is 3.47. The van der Waals surface area contributed by atoms with Gasteiger partial charge in [-0.25, -0.2) is 9.18 Å². The Bertz CT molecular complexity index is 604. The van der Waals surface area contributed by atoms with Crippen LogP contribution in [0.4, 0.5) is 14.9 Å². The van der Waals surface area contributed by atoms with Gasteiger partial charge in [-0.2, -0.15) is 0 Å². The second-order valence-electron chi connectivity index (χ2n) is 6.24. The first-order valence-corrected chi connectivity index (χ1v) is 8.42. The molecule has 0 aromatic heterocycles. The van der Waals surface area contributed by atoms with Crippen LogP contribution in [0.25, 0.3) is 0 Å². The molecular weight excluding hydrogens is 337 g/mol. The number of aliphatic hydroxyl groups excluding tert-OH is 1. The zero-order valence-electron chi connectivity index (χ0n) is 13.2. The first-order chi connectivity index (χ1) is 11.5. The third-order valence-electron chi connectivity index (χ3n) is 4.45. The number of carbonyl (C=O) groups excluding carboxylic acids is 1. The van der Waals surface area contributed by atoms with Crippen LogP contribution in [-0.2, 0) is 4.74 Å². The molecule has 2 fully saturated rings. The first-order valence-electron chi connectivity index (χ1n) is 8.04. The molecule has 6 nitrogen and oxygen atoms in total. The molecule has 2 amide bonds. The molecule has 2 aliphatic rings. The van der Waals surface area contributed by atoms with E-state index in [2.05, 4.69) is 15.5 Å². The number of nitrogens with one attached hydrogen (secondary N) is 2. The number of rotatable bonds is 4. The summed E-state index contributed by atoms with van der Waals surface area (Å²) < 4.78 is 18.9. The van der Waals surface area contributed by atoms with Gasteiger partial charge in [-0.1, -0.05) is 11.6 Å². The van der Waals surface area contributed by atoms with Gasteiger partial charge in [0, 0.05) is 37.5 Å². The number of fused-ring (bicyclic) bond motifs is 1. The molecule has 0 unspecified atom stereocenters. The Morgan fingerprint density at radius 2 is 2.29 bits per heavy atom. The minimum Gasteiger partial charge on any atom is -0.396 e. The maximum atomic E-state index is 13.1. The van der Waals surface area contributed by atoms with Crippen molar-refractivity contribution < 1.29 is 19.0 Å². The van der Waals surface area contributed by atoms with Crippen LogP contribution in [0.5, 0.6) is 0 Å². The Labute approximate surface area is 144 Å². The van der Waals surface area contributed by atoms with Crippen molar-refractivity contribution in [1.29, 1.82) is 0 Å². The first kappa shape index (κ1) is 17.4. The van der Waals surface area contributed by atoms with E-state index in [4.69, 9.17) is 21.4 Å². The summed E-state index contributed by atoms with van der Waals surface area (Å²) in [5, 5.41) is 14.6. The van der Waals surface area contributed by atoms with Crippen LogP contribution in [0.3, 0.4) is 0 Å². The molecule has 2 heterocycles. The number of ether oxygens (including phenoxy) is 1. The Morgan fingerprint density at radius 3 is 3.04 bits per heavy atom. The molecule has 24 heavy (non-hydrogen) atoms. The van der Waals surface area contributed by atoms with E-state index >= 15 is 0 Å². The van der Waals surface area contributed by atoms with Gasteiger partial charge in [0.05, 0.1) is 17.7 Å². The molecule has 3 atom stereocenters. The molecular formula is C16H21ClFN3O3. The molecule has 0 spiro atoms. The number of aliphatic hydroxyl groups is 1. The summed E-state index contributed by atoms with van der Waals surface area (Å²) >= 11 is 5.70. The monoisotopic (exact) mass is 357 g/mol. The Kier molecular flexibility index (Phi) is 5.55. The summed E-state index contributed by atoms with van der Waals surface area (Å²) in [6.07, 6.45) is 1.51. The second kappa shape index (κ2) is 7.65. The Hall–Kier alpha value is -1.41. The summed E-state index contributed by atoms with van der Waals surface area (Å²) in [6, 6.07) is 4.04. The lowest BCUT2D eigenvalue weighted by Crippen LogP contribution is -2.46. The topological polar surface area (TPSA) is 73.8 Å². The number of urea groups is 1. The van der Waals surface area contributed by atoms with Crippen LogP contribution in [0.15, 0.2) is 18.2 Å². The second-order valence-corrected chi connectivity index (χ2v) is 6.64. The van der Waals surface area contributed by atoms with Crippen molar-refractivity contribution in [2.24, 2.45) is 0 Å². The van der Waals surface area contributed by atoms with Crippen LogP contribution in [0, 0.1) is 5.82 Å². The largest absolute Gasteiger partial charge is 0.396 e. The van der Waals surface area contributed by atoms with E-state index < -0.39 is 5.82 Å². The maximum Gasteiger partial charge on any atom is 0.319 e. The predicted octanol–water partition coefficient (Wildman–Crippen LogP) is 1.82. The highest BCUT2D eigenvalue weighted by Crippen LogP contribution is 2.24. The van der Waals surface area contributed by atoms with E-state index in [1.807, 2.05) is 0 Å². The molecule has 2 saturated heterocycles.